The van der Waals surface area contributed by atoms with Crippen LogP contribution in [0.1, 0.15) is 0 Å². The highest BCUT2D eigenvalue weighted by Crippen LogP contribution is 2.30. The molecule has 2 nitrogen and oxygen atoms in total. The van der Waals surface area contributed by atoms with Gasteiger partial charge in [0.15, 0.2) is 11.6 Å². The zero-order valence-corrected chi connectivity index (χ0v) is 12.4. The summed E-state index contributed by atoms with van der Waals surface area (Å²) >= 11 is 3.41. The third kappa shape index (κ3) is 2.69. The van der Waals surface area contributed by atoms with Gasteiger partial charge in [0.1, 0.15) is 5.69 Å². The molecule has 21 heavy (non-hydrogen) atoms. The van der Waals surface area contributed by atoms with Crippen molar-refractivity contribution >= 4 is 43.8 Å². The van der Waals surface area contributed by atoms with Gasteiger partial charge in [-0.15, -0.1) is 0 Å². The van der Waals surface area contributed by atoms with E-state index in [1.807, 2.05) is 30.3 Å². The van der Waals surface area contributed by atoms with Crippen LogP contribution in [0.5, 0.6) is 0 Å². The van der Waals surface area contributed by atoms with Crippen LogP contribution in [0.4, 0.5) is 25.8 Å². The summed E-state index contributed by atoms with van der Waals surface area (Å²) < 4.78 is 28.1. The average molecular weight is 349 g/mol. The normalized spacial score (nSPS) is 10.8. The van der Waals surface area contributed by atoms with E-state index in [9.17, 15) is 8.78 Å². The van der Waals surface area contributed by atoms with Crippen LogP contribution in [0.25, 0.3) is 10.8 Å². The molecule has 5 heteroatoms. The number of halogens is 3. The van der Waals surface area contributed by atoms with Crippen LogP contribution in [0, 0.1) is 11.6 Å². The van der Waals surface area contributed by atoms with Crippen molar-refractivity contribution in [2.24, 2.45) is 0 Å². The van der Waals surface area contributed by atoms with Gasteiger partial charge in [-0.3, -0.25) is 0 Å². The first-order chi connectivity index (χ1) is 10.0. The molecule has 0 heterocycles. The molecule has 0 aliphatic rings. The summed E-state index contributed by atoms with van der Waals surface area (Å²) in [7, 11) is 0. The Morgan fingerprint density at radius 2 is 1.62 bits per heavy atom. The Labute approximate surface area is 128 Å². The fraction of sp³-hybridized carbons (Fsp3) is 0. The maximum atomic E-state index is 13.8. The molecule has 0 aliphatic carbocycles. The second-order valence-corrected chi connectivity index (χ2v) is 5.57. The van der Waals surface area contributed by atoms with E-state index in [0.29, 0.717) is 5.69 Å². The van der Waals surface area contributed by atoms with Gasteiger partial charge in [0.25, 0.3) is 0 Å². The number of nitrogen functional groups attached to an aromatic ring is 1. The number of rotatable bonds is 2. The minimum Gasteiger partial charge on any atom is -0.397 e. The molecule has 3 rings (SSSR count). The SMILES string of the molecule is Nc1ccc(F)c(F)c1Nc1ccc2cc(Br)ccc2c1. The predicted octanol–water partition coefficient (Wildman–Crippen LogP) is 5.21. The molecule has 106 valence electrons. The summed E-state index contributed by atoms with van der Waals surface area (Å²) in [4.78, 5) is 0. The molecular formula is C16H11BrF2N2. The molecule has 3 N–H and O–H groups in total. The Hall–Kier alpha value is -2.14. The first kappa shape index (κ1) is 13.8. The van der Waals surface area contributed by atoms with Crippen LogP contribution >= 0.6 is 15.9 Å². The molecule has 0 aliphatic heterocycles. The molecule has 0 amide bonds. The monoisotopic (exact) mass is 348 g/mol. The van der Waals surface area contributed by atoms with Crippen molar-refractivity contribution in [2.75, 3.05) is 11.1 Å². The molecule has 0 bridgehead atoms. The summed E-state index contributed by atoms with van der Waals surface area (Å²) in [5, 5.41) is 4.87. The third-order valence-electron chi connectivity index (χ3n) is 3.20. The quantitative estimate of drug-likeness (QED) is 0.624. The van der Waals surface area contributed by atoms with Crippen molar-refractivity contribution in [1.82, 2.24) is 0 Å². The van der Waals surface area contributed by atoms with Crippen molar-refractivity contribution in [3.63, 3.8) is 0 Å². The van der Waals surface area contributed by atoms with Crippen LogP contribution in [0.2, 0.25) is 0 Å². The maximum Gasteiger partial charge on any atom is 0.184 e. The molecule has 0 fully saturated rings. The molecule has 3 aromatic carbocycles. The zero-order chi connectivity index (χ0) is 15.0. The predicted molar refractivity (Wildman–Crippen MR) is 85.7 cm³/mol. The number of benzene rings is 3. The summed E-state index contributed by atoms with van der Waals surface area (Å²) in [6.07, 6.45) is 0. The van der Waals surface area contributed by atoms with E-state index in [4.69, 9.17) is 5.73 Å². The molecule has 0 saturated heterocycles. The van der Waals surface area contributed by atoms with Gasteiger partial charge < -0.3 is 11.1 Å². The number of nitrogens with one attached hydrogen (secondary N) is 1. The lowest BCUT2D eigenvalue weighted by Gasteiger charge is -2.11. The van der Waals surface area contributed by atoms with Gasteiger partial charge in [0, 0.05) is 10.2 Å². The van der Waals surface area contributed by atoms with Gasteiger partial charge in [0.05, 0.1) is 5.69 Å². The van der Waals surface area contributed by atoms with Crippen LogP contribution in [0.3, 0.4) is 0 Å². The van der Waals surface area contributed by atoms with Gasteiger partial charge in [-0.05, 0) is 47.2 Å². The topological polar surface area (TPSA) is 38.0 Å². The minimum atomic E-state index is -0.981. The van der Waals surface area contributed by atoms with E-state index in [-0.39, 0.29) is 11.4 Å². The molecular weight excluding hydrogens is 338 g/mol. The lowest BCUT2D eigenvalue weighted by Crippen LogP contribution is -2.01. The molecule has 0 atom stereocenters. The van der Waals surface area contributed by atoms with E-state index < -0.39 is 11.6 Å². The van der Waals surface area contributed by atoms with Gasteiger partial charge in [0.2, 0.25) is 0 Å². The van der Waals surface area contributed by atoms with Crippen molar-refractivity contribution in [1.29, 1.82) is 0 Å². The second kappa shape index (κ2) is 5.33. The summed E-state index contributed by atoms with van der Waals surface area (Å²) in [6, 6.07) is 13.7. The van der Waals surface area contributed by atoms with E-state index in [1.165, 1.54) is 6.07 Å². The number of nitrogens with two attached hydrogens (primary N) is 1. The number of hydrogen-bond donors (Lipinski definition) is 2. The first-order valence-corrected chi connectivity index (χ1v) is 7.04. The highest BCUT2D eigenvalue weighted by molar-refractivity contribution is 9.10. The van der Waals surface area contributed by atoms with Gasteiger partial charge in [-0.25, -0.2) is 8.78 Å². The smallest absolute Gasteiger partial charge is 0.184 e. The molecule has 3 aromatic rings. The van der Waals surface area contributed by atoms with Crippen LogP contribution in [0.15, 0.2) is 53.0 Å². The van der Waals surface area contributed by atoms with Gasteiger partial charge in [-0.2, -0.15) is 0 Å². The van der Waals surface area contributed by atoms with E-state index in [1.54, 1.807) is 6.07 Å². The first-order valence-electron chi connectivity index (χ1n) is 6.24. The maximum absolute atomic E-state index is 13.8. The summed E-state index contributed by atoms with van der Waals surface area (Å²) in [6.45, 7) is 0. The van der Waals surface area contributed by atoms with Crippen molar-refractivity contribution in [2.45, 2.75) is 0 Å². The Morgan fingerprint density at radius 1 is 0.905 bits per heavy atom. The Balaban J connectivity index is 2.02. The second-order valence-electron chi connectivity index (χ2n) is 4.66. The summed E-state index contributed by atoms with van der Waals surface area (Å²) in [5.74, 6) is -1.91. The molecule has 0 aromatic heterocycles. The number of hydrogen-bond acceptors (Lipinski definition) is 2. The Morgan fingerprint density at radius 3 is 2.43 bits per heavy atom. The highest BCUT2D eigenvalue weighted by atomic mass is 79.9. The molecule has 0 spiro atoms. The zero-order valence-electron chi connectivity index (χ0n) is 10.8. The van der Waals surface area contributed by atoms with Crippen molar-refractivity contribution in [3.05, 3.63) is 64.6 Å². The van der Waals surface area contributed by atoms with E-state index in [2.05, 4.69) is 21.2 Å². The Kier molecular flexibility index (Phi) is 3.51. The van der Waals surface area contributed by atoms with Gasteiger partial charge >= 0.3 is 0 Å². The van der Waals surface area contributed by atoms with Crippen molar-refractivity contribution < 1.29 is 8.78 Å². The van der Waals surface area contributed by atoms with E-state index in [0.717, 1.165) is 21.3 Å². The van der Waals surface area contributed by atoms with Crippen LogP contribution in [-0.4, -0.2) is 0 Å². The lowest BCUT2D eigenvalue weighted by molar-refractivity contribution is 0.512. The number of anilines is 3. The van der Waals surface area contributed by atoms with E-state index >= 15 is 0 Å². The summed E-state index contributed by atoms with van der Waals surface area (Å²) in [5.41, 5.74) is 6.44. The standard InChI is InChI=1S/C16H11BrF2N2/c17-11-3-1-10-8-12(4-2-9(10)7-11)21-16-14(20)6-5-13(18)15(16)19/h1-8,21H,20H2. The minimum absolute atomic E-state index is 0.0496. The van der Waals surface area contributed by atoms with Crippen LogP contribution < -0.4 is 11.1 Å². The van der Waals surface area contributed by atoms with Gasteiger partial charge in [-0.1, -0.05) is 28.1 Å². The van der Waals surface area contributed by atoms with Crippen molar-refractivity contribution in [3.8, 4) is 0 Å². The fourth-order valence-corrected chi connectivity index (χ4v) is 2.51. The number of fused-ring (bicyclic) bond motifs is 1. The molecule has 0 unspecified atom stereocenters. The van der Waals surface area contributed by atoms with Crippen LogP contribution in [-0.2, 0) is 0 Å². The molecule has 0 saturated carbocycles. The lowest BCUT2D eigenvalue weighted by atomic mass is 10.1. The fourth-order valence-electron chi connectivity index (χ4n) is 2.13. The molecule has 0 radical (unpaired) electrons. The third-order valence-corrected chi connectivity index (χ3v) is 3.69. The Bertz CT molecular complexity index is 834. The highest BCUT2D eigenvalue weighted by Gasteiger charge is 2.12. The largest absolute Gasteiger partial charge is 0.397 e. The average Bonchev–Trinajstić information content (AvgIpc) is 2.48.